The number of unbranched alkanes of at least 4 members (excludes halogenated alkanes) is 14. The normalized spacial score (nSPS) is 11.0. The van der Waals surface area contributed by atoms with Crippen molar-refractivity contribution in [2.75, 3.05) is 18.5 Å². The molecule has 0 spiro atoms. The van der Waals surface area contributed by atoms with E-state index in [9.17, 15) is 4.79 Å². The maximum Gasteiger partial charge on any atom is 0.306 e. The lowest BCUT2D eigenvalue weighted by atomic mass is 10.1. The molecule has 5 heteroatoms. The Morgan fingerprint density at radius 2 is 1.08 bits per heavy atom. The summed E-state index contributed by atoms with van der Waals surface area (Å²) in [4.78, 5) is 11.9. The molecular formula is C31H53BrO4. The Morgan fingerprint density at radius 1 is 0.639 bits per heavy atom. The van der Waals surface area contributed by atoms with E-state index in [-0.39, 0.29) is 12.6 Å². The smallest absolute Gasteiger partial charge is 0.306 e. The first-order valence-corrected chi connectivity index (χ1v) is 15.9. The second kappa shape index (κ2) is 24.1. The topological polar surface area (TPSA) is 44.8 Å². The Bertz CT molecular complexity index is 649. The number of esters is 1. The molecule has 0 atom stereocenters. The molecule has 0 unspecified atom stereocenters. The summed E-state index contributed by atoms with van der Waals surface area (Å²) in [5.74, 6) is 1.44. The molecule has 0 radical (unpaired) electrons. The number of hydrogen-bond acceptors (Lipinski definition) is 4. The summed E-state index contributed by atoms with van der Waals surface area (Å²) in [5, 5.41) is 0.806. The average molecular weight is 570 g/mol. The monoisotopic (exact) mass is 568 g/mol. The number of benzene rings is 1. The Kier molecular flexibility index (Phi) is 22.0. The van der Waals surface area contributed by atoms with Crippen LogP contribution in [0.4, 0.5) is 0 Å². The minimum absolute atomic E-state index is 0.166. The summed E-state index contributed by atoms with van der Waals surface area (Å²) >= 11 is 3.36. The highest BCUT2D eigenvalue weighted by Gasteiger charge is 2.08. The molecule has 0 aromatic heterocycles. The molecule has 208 valence electrons. The molecule has 0 amide bonds. The van der Waals surface area contributed by atoms with E-state index < -0.39 is 0 Å². The number of rotatable bonds is 25. The maximum absolute atomic E-state index is 11.9. The van der Waals surface area contributed by atoms with Gasteiger partial charge < -0.3 is 14.2 Å². The fraction of sp³-hybridized carbons (Fsp3) is 0.774. The van der Waals surface area contributed by atoms with Crippen LogP contribution in [0, 0.1) is 0 Å². The standard InChI is InChI=1S/C31H53BrO4/c1-3-5-7-9-11-12-14-16-18-23-35-30-25-28(27-36-31(33)20-19-21-32)24-29(26-30)34-22-17-15-13-10-8-6-4-2/h24-26H,3-23,27H2,1-2H3. The summed E-state index contributed by atoms with van der Waals surface area (Å²) in [6.07, 6.45) is 21.7. The second-order valence-electron chi connectivity index (χ2n) is 9.91. The molecule has 0 saturated heterocycles. The van der Waals surface area contributed by atoms with Gasteiger partial charge in [0.1, 0.15) is 18.1 Å². The van der Waals surface area contributed by atoms with E-state index in [4.69, 9.17) is 14.2 Å². The van der Waals surface area contributed by atoms with Crippen LogP contribution in [0.5, 0.6) is 11.5 Å². The molecule has 0 fully saturated rings. The molecule has 1 rings (SSSR count). The van der Waals surface area contributed by atoms with E-state index in [1.54, 1.807) is 0 Å². The quantitative estimate of drug-likeness (QED) is 0.0668. The van der Waals surface area contributed by atoms with Gasteiger partial charge in [-0.3, -0.25) is 4.79 Å². The Labute approximate surface area is 230 Å². The van der Waals surface area contributed by atoms with E-state index in [2.05, 4.69) is 29.8 Å². The first kappa shape index (κ1) is 32.8. The lowest BCUT2D eigenvalue weighted by molar-refractivity contribution is -0.144. The summed E-state index contributed by atoms with van der Waals surface area (Å²) in [7, 11) is 0. The van der Waals surface area contributed by atoms with Crippen LogP contribution < -0.4 is 9.47 Å². The Hall–Kier alpha value is -1.23. The maximum atomic E-state index is 11.9. The molecule has 0 aliphatic rings. The number of carbonyl (C=O) groups is 1. The Morgan fingerprint density at radius 3 is 1.53 bits per heavy atom. The van der Waals surface area contributed by atoms with Gasteiger partial charge in [0.15, 0.2) is 0 Å². The van der Waals surface area contributed by atoms with Gasteiger partial charge >= 0.3 is 5.97 Å². The van der Waals surface area contributed by atoms with Crippen LogP contribution in [-0.4, -0.2) is 24.5 Å². The first-order chi connectivity index (χ1) is 17.7. The zero-order valence-electron chi connectivity index (χ0n) is 23.3. The van der Waals surface area contributed by atoms with Crippen LogP contribution >= 0.6 is 15.9 Å². The van der Waals surface area contributed by atoms with Crippen LogP contribution in [0.25, 0.3) is 0 Å². The predicted octanol–water partition coefficient (Wildman–Crippen LogP) is 9.94. The van der Waals surface area contributed by atoms with Crippen molar-refractivity contribution in [3.8, 4) is 11.5 Å². The third-order valence-electron chi connectivity index (χ3n) is 6.39. The largest absolute Gasteiger partial charge is 0.493 e. The summed E-state index contributed by atoms with van der Waals surface area (Å²) < 4.78 is 17.6. The predicted molar refractivity (Wildman–Crippen MR) is 155 cm³/mol. The minimum Gasteiger partial charge on any atom is -0.493 e. The molecule has 1 aromatic rings. The molecule has 0 heterocycles. The van der Waals surface area contributed by atoms with Gasteiger partial charge in [-0.25, -0.2) is 0 Å². The van der Waals surface area contributed by atoms with Crippen molar-refractivity contribution in [2.45, 2.75) is 136 Å². The van der Waals surface area contributed by atoms with Crippen molar-refractivity contribution in [3.05, 3.63) is 23.8 Å². The SMILES string of the molecule is CCCCCCCCCCCOc1cc(COC(=O)CCCBr)cc(OCCCCCCCCC)c1. The lowest BCUT2D eigenvalue weighted by Crippen LogP contribution is -2.06. The van der Waals surface area contributed by atoms with Crippen LogP contribution in [0.15, 0.2) is 18.2 Å². The van der Waals surface area contributed by atoms with E-state index in [1.807, 2.05) is 18.2 Å². The van der Waals surface area contributed by atoms with E-state index in [0.717, 1.165) is 41.7 Å². The van der Waals surface area contributed by atoms with Crippen molar-refractivity contribution in [1.29, 1.82) is 0 Å². The number of ether oxygens (including phenoxy) is 3. The molecule has 36 heavy (non-hydrogen) atoms. The van der Waals surface area contributed by atoms with E-state index >= 15 is 0 Å². The van der Waals surface area contributed by atoms with Gasteiger partial charge in [-0.05, 0) is 37.0 Å². The van der Waals surface area contributed by atoms with E-state index in [0.29, 0.717) is 19.6 Å². The zero-order valence-corrected chi connectivity index (χ0v) is 24.9. The minimum atomic E-state index is -0.166. The van der Waals surface area contributed by atoms with Gasteiger partial charge in [0, 0.05) is 17.8 Å². The average Bonchev–Trinajstić information content (AvgIpc) is 2.89. The van der Waals surface area contributed by atoms with Crippen molar-refractivity contribution in [2.24, 2.45) is 0 Å². The molecular weight excluding hydrogens is 516 g/mol. The third kappa shape index (κ3) is 19.0. The summed E-state index contributed by atoms with van der Waals surface area (Å²) in [6.45, 7) is 6.19. The van der Waals surface area contributed by atoms with Gasteiger partial charge in [0.05, 0.1) is 13.2 Å². The number of halogens is 1. The summed E-state index contributed by atoms with van der Waals surface area (Å²) in [6, 6.07) is 5.93. The van der Waals surface area contributed by atoms with Crippen molar-refractivity contribution < 1.29 is 19.0 Å². The van der Waals surface area contributed by atoms with Crippen LogP contribution in [0.3, 0.4) is 0 Å². The second-order valence-corrected chi connectivity index (χ2v) is 10.7. The fourth-order valence-corrected chi connectivity index (χ4v) is 4.46. The Balaban J connectivity index is 2.44. The van der Waals surface area contributed by atoms with Crippen LogP contribution in [-0.2, 0) is 16.1 Å². The number of carbonyl (C=O) groups excluding carboxylic acids is 1. The fourth-order valence-electron chi connectivity index (χ4n) is 4.18. The highest BCUT2D eigenvalue weighted by molar-refractivity contribution is 9.09. The van der Waals surface area contributed by atoms with Crippen molar-refractivity contribution in [3.63, 3.8) is 0 Å². The van der Waals surface area contributed by atoms with Gasteiger partial charge in [-0.15, -0.1) is 0 Å². The molecule has 0 N–H and O–H groups in total. The molecule has 0 bridgehead atoms. The van der Waals surface area contributed by atoms with Gasteiger partial charge in [-0.1, -0.05) is 120 Å². The number of hydrogen-bond donors (Lipinski definition) is 0. The highest BCUT2D eigenvalue weighted by Crippen LogP contribution is 2.25. The highest BCUT2D eigenvalue weighted by atomic mass is 79.9. The molecule has 4 nitrogen and oxygen atoms in total. The molecule has 0 aliphatic carbocycles. The lowest BCUT2D eigenvalue weighted by Gasteiger charge is -2.13. The van der Waals surface area contributed by atoms with Crippen molar-refractivity contribution >= 4 is 21.9 Å². The molecule has 0 aliphatic heterocycles. The van der Waals surface area contributed by atoms with Crippen LogP contribution in [0.1, 0.15) is 135 Å². The van der Waals surface area contributed by atoms with Gasteiger partial charge in [-0.2, -0.15) is 0 Å². The van der Waals surface area contributed by atoms with Gasteiger partial charge in [0.25, 0.3) is 0 Å². The van der Waals surface area contributed by atoms with Crippen molar-refractivity contribution in [1.82, 2.24) is 0 Å². The van der Waals surface area contributed by atoms with E-state index in [1.165, 1.54) is 89.9 Å². The van der Waals surface area contributed by atoms with Gasteiger partial charge in [0.2, 0.25) is 0 Å². The number of alkyl halides is 1. The van der Waals surface area contributed by atoms with Crippen LogP contribution in [0.2, 0.25) is 0 Å². The molecule has 0 saturated carbocycles. The zero-order chi connectivity index (χ0) is 26.1. The first-order valence-electron chi connectivity index (χ1n) is 14.8. The molecule has 1 aromatic carbocycles. The summed E-state index contributed by atoms with van der Waals surface area (Å²) in [5.41, 5.74) is 0.918. The third-order valence-corrected chi connectivity index (χ3v) is 6.95.